The Morgan fingerprint density at radius 3 is 2.25 bits per heavy atom. The first-order chi connectivity index (χ1) is 5.65. The van der Waals surface area contributed by atoms with Crippen LogP contribution in [0.3, 0.4) is 0 Å². The minimum atomic E-state index is -0.811. The predicted octanol–water partition coefficient (Wildman–Crippen LogP) is 2.30. The van der Waals surface area contributed by atoms with Crippen LogP contribution in [0.2, 0.25) is 0 Å². The topological polar surface area (TPSA) is 29.1 Å². The second-order valence-electron chi connectivity index (χ2n) is 2.01. The average Bonchev–Trinajstić information content (AvgIpc) is 1.96. The summed E-state index contributed by atoms with van der Waals surface area (Å²) in [6, 6.07) is 2.13. The second-order valence-corrected chi connectivity index (χ2v) is 2.92. The van der Waals surface area contributed by atoms with Crippen molar-refractivity contribution in [2.45, 2.75) is 0 Å². The molecule has 5 heteroatoms. The Labute approximate surface area is 75.7 Å². The van der Waals surface area contributed by atoms with Crippen molar-refractivity contribution in [1.29, 1.82) is 0 Å². The number of anilines is 1. The summed E-state index contributed by atoms with van der Waals surface area (Å²) in [5, 5.41) is 1.92. The first-order valence-electron chi connectivity index (χ1n) is 3.00. The van der Waals surface area contributed by atoms with E-state index < -0.39 is 17.3 Å². The molecule has 0 aliphatic carbocycles. The van der Waals surface area contributed by atoms with Crippen LogP contribution in [0.4, 0.5) is 14.5 Å². The second kappa shape index (κ2) is 3.62. The van der Waals surface area contributed by atoms with Crippen molar-refractivity contribution in [2.24, 2.45) is 0 Å². The van der Waals surface area contributed by atoms with Gasteiger partial charge in [-0.3, -0.25) is 4.79 Å². The third kappa shape index (κ3) is 1.79. The summed E-state index contributed by atoms with van der Waals surface area (Å²) in [6.45, 7) is 0. The van der Waals surface area contributed by atoms with Crippen molar-refractivity contribution < 1.29 is 13.6 Å². The standard InChI is InChI=1S/C7H4BrF2NO/c8-4-1-5(9)7(11-3-12)6(10)2-4/h1-3H,(H,11,12). The molecule has 64 valence electrons. The lowest BCUT2D eigenvalue weighted by Gasteiger charge is -2.02. The Hall–Kier alpha value is -0.970. The van der Waals surface area contributed by atoms with Crippen molar-refractivity contribution >= 4 is 28.0 Å². The van der Waals surface area contributed by atoms with E-state index in [-0.39, 0.29) is 10.9 Å². The fourth-order valence-corrected chi connectivity index (χ4v) is 1.14. The van der Waals surface area contributed by atoms with Crippen LogP contribution < -0.4 is 5.32 Å². The summed E-state index contributed by atoms with van der Waals surface area (Å²) in [5.74, 6) is -1.62. The Morgan fingerprint density at radius 1 is 1.33 bits per heavy atom. The maximum absolute atomic E-state index is 12.8. The summed E-state index contributed by atoms with van der Waals surface area (Å²) in [4.78, 5) is 9.91. The minimum absolute atomic E-state index is 0.218. The van der Waals surface area contributed by atoms with Gasteiger partial charge in [-0.1, -0.05) is 15.9 Å². The molecule has 0 saturated heterocycles. The largest absolute Gasteiger partial charge is 0.324 e. The van der Waals surface area contributed by atoms with E-state index in [4.69, 9.17) is 0 Å². The summed E-state index contributed by atoms with van der Waals surface area (Å²) in [7, 11) is 0. The lowest BCUT2D eigenvalue weighted by atomic mass is 10.3. The molecule has 0 saturated carbocycles. The number of hydrogen-bond donors (Lipinski definition) is 1. The summed E-state index contributed by atoms with van der Waals surface area (Å²) in [6.07, 6.45) is 0.218. The van der Waals surface area contributed by atoms with Crippen LogP contribution in [0.15, 0.2) is 16.6 Å². The Bertz CT molecular complexity index is 293. The molecule has 0 bridgehead atoms. The van der Waals surface area contributed by atoms with Gasteiger partial charge in [0.2, 0.25) is 6.41 Å². The third-order valence-electron chi connectivity index (χ3n) is 1.21. The Kier molecular flexibility index (Phi) is 2.75. The normalized spacial score (nSPS) is 9.58. The zero-order chi connectivity index (χ0) is 9.14. The zero-order valence-electron chi connectivity index (χ0n) is 5.77. The first-order valence-corrected chi connectivity index (χ1v) is 3.79. The molecular weight excluding hydrogens is 232 g/mol. The van der Waals surface area contributed by atoms with Crippen LogP contribution in [0.25, 0.3) is 0 Å². The molecule has 1 aromatic rings. The van der Waals surface area contributed by atoms with Gasteiger partial charge >= 0.3 is 0 Å². The molecule has 1 N–H and O–H groups in total. The van der Waals surface area contributed by atoms with E-state index in [1.54, 1.807) is 0 Å². The minimum Gasteiger partial charge on any atom is -0.324 e. The van der Waals surface area contributed by atoms with Crippen LogP contribution in [0, 0.1) is 11.6 Å². The van der Waals surface area contributed by atoms with Crippen molar-refractivity contribution in [1.82, 2.24) is 0 Å². The number of amides is 1. The van der Waals surface area contributed by atoms with Gasteiger partial charge in [0.1, 0.15) is 5.69 Å². The van der Waals surface area contributed by atoms with Gasteiger partial charge in [0.25, 0.3) is 0 Å². The Morgan fingerprint density at radius 2 is 1.83 bits per heavy atom. The highest BCUT2D eigenvalue weighted by Crippen LogP contribution is 2.22. The molecule has 2 nitrogen and oxygen atoms in total. The number of benzene rings is 1. The summed E-state index contributed by atoms with van der Waals surface area (Å²) < 4.78 is 25.9. The third-order valence-corrected chi connectivity index (χ3v) is 1.67. The molecule has 1 rings (SSSR count). The molecule has 0 aromatic heterocycles. The van der Waals surface area contributed by atoms with Gasteiger partial charge < -0.3 is 5.32 Å². The van der Waals surface area contributed by atoms with Crippen LogP contribution in [0.5, 0.6) is 0 Å². The fraction of sp³-hybridized carbons (Fsp3) is 0. The van der Waals surface area contributed by atoms with E-state index in [1.807, 2.05) is 5.32 Å². The predicted molar refractivity (Wildman–Crippen MR) is 43.7 cm³/mol. The number of carbonyl (C=O) groups is 1. The van der Waals surface area contributed by atoms with Gasteiger partial charge in [0, 0.05) is 4.47 Å². The van der Waals surface area contributed by atoms with Crippen LogP contribution in [-0.4, -0.2) is 6.41 Å². The molecule has 1 amide bonds. The SMILES string of the molecule is O=CNc1c(F)cc(Br)cc1F. The number of nitrogens with one attached hydrogen (secondary N) is 1. The zero-order valence-corrected chi connectivity index (χ0v) is 7.36. The molecule has 0 heterocycles. The monoisotopic (exact) mass is 235 g/mol. The van der Waals surface area contributed by atoms with Gasteiger partial charge in [-0.15, -0.1) is 0 Å². The maximum atomic E-state index is 12.8. The molecule has 0 radical (unpaired) electrons. The van der Waals surface area contributed by atoms with E-state index in [1.165, 1.54) is 0 Å². The lowest BCUT2D eigenvalue weighted by molar-refractivity contribution is -0.105. The van der Waals surface area contributed by atoms with Gasteiger partial charge in [-0.05, 0) is 12.1 Å². The molecule has 0 spiro atoms. The van der Waals surface area contributed by atoms with E-state index in [0.29, 0.717) is 0 Å². The molecule has 1 aromatic carbocycles. The highest BCUT2D eigenvalue weighted by Gasteiger charge is 2.08. The molecule has 0 aliphatic heterocycles. The van der Waals surface area contributed by atoms with Gasteiger partial charge in [-0.25, -0.2) is 8.78 Å². The van der Waals surface area contributed by atoms with Gasteiger partial charge in [0.05, 0.1) is 0 Å². The van der Waals surface area contributed by atoms with Crippen molar-refractivity contribution in [2.75, 3.05) is 5.32 Å². The number of rotatable bonds is 2. The number of carbonyl (C=O) groups excluding carboxylic acids is 1. The van der Waals surface area contributed by atoms with E-state index in [0.717, 1.165) is 12.1 Å². The fourth-order valence-electron chi connectivity index (χ4n) is 0.739. The quantitative estimate of drug-likeness (QED) is 0.784. The summed E-state index contributed by atoms with van der Waals surface area (Å²) >= 11 is 2.90. The highest BCUT2D eigenvalue weighted by atomic mass is 79.9. The molecule has 0 unspecified atom stereocenters. The van der Waals surface area contributed by atoms with E-state index >= 15 is 0 Å². The highest BCUT2D eigenvalue weighted by molar-refractivity contribution is 9.10. The van der Waals surface area contributed by atoms with Crippen LogP contribution in [-0.2, 0) is 4.79 Å². The number of halogens is 3. The Balaban J connectivity index is 3.18. The van der Waals surface area contributed by atoms with Gasteiger partial charge in [0.15, 0.2) is 11.6 Å². The average molecular weight is 236 g/mol. The number of hydrogen-bond acceptors (Lipinski definition) is 1. The summed E-state index contributed by atoms with van der Waals surface area (Å²) in [5.41, 5.74) is -0.437. The first kappa shape index (κ1) is 9.12. The van der Waals surface area contributed by atoms with Crippen LogP contribution >= 0.6 is 15.9 Å². The molecule has 0 aliphatic rings. The van der Waals surface area contributed by atoms with E-state index in [9.17, 15) is 13.6 Å². The van der Waals surface area contributed by atoms with Crippen molar-refractivity contribution in [3.8, 4) is 0 Å². The van der Waals surface area contributed by atoms with Crippen molar-refractivity contribution in [3.63, 3.8) is 0 Å². The smallest absolute Gasteiger partial charge is 0.211 e. The van der Waals surface area contributed by atoms with Gasteiger partial charge in [-0.2, -0.15) is 0 Å². The van der Waals surface area contributed by atoms with Crippen LogP contribution in [0.1, 0.15) is 0 Å². The molecule has 0 atom stereocenters. The van der Waals surface area contributed by atoms with E-state index in [2.05, 4.69) is 15.9 Å². The molecule has 0 fully saturated rings. The van der Waals surface area contributed by atoms with Crippen molar-refractivity contribution in [3.05, 3.63) is 28.2 Å². The lowest BCUT2D eigenvalue weighted by Crippen LogP contribution is -2.00. The molecule has 12 heavy (non-hydrogen) atoms. The molecular formula is C7H4BrF2NO. The maximum Gasteiger partial charge on any atom is 0.211 e.